The molecule has 1 N–H and O–H groups in total. The van der Waals surface area contributed by atoms with Gasteiger partial charge in [0.15, 0.2) is 0 Å². The minimum Gasteiger partial charge on any atom is -0.490 e. The fraction of sp³-hybridized carbons (Fsp3) is 0.667. The van der Waals surface area contributed by atoms with Crippen LogP contribution in [0.1, 0.15) is 70.3 Å². The van der Waals surface area contributed by atoms with E-state index in [4.69, 9.17) is 4.74 Å². The van der Waals surface area contributed by atoms with Crippen molar-refractivity contribution in [1.29, 1.82) is 0 Å². The number of aromatic nitrogens is 2. The molecule has 3 aliphatic heterocycles. The van der Waals surface area contributed by atoms with Gasteiger partial charge >= 0.3 is 5.69 Å². The van der Waals surface area contributed by atoms with Crippen LogP contribution in [-0.2, 0) is 0 Å². The fourth-order valence-corrected chi connectivity index (χ4v) is 6.73. The highest BCUT2D eigenvalue weighted by Crippen LogP contribution is 2.32. The molecular formula is C27H38N4O2. The van der Waals surface area contributed by atoms with Crippen LogP contribution in [0.5, 0.6) is 5.75 Å². The Morgan fingerprint density at radius 3 is 2.24 bits per heavy atom. The summed E-state index contributed by atoms with van der Waals surface area (Å²) in [5, 5.41) is 3.99. The average Bonchev–Trinajstić information content (AvgIpc) is 3.51. The molecule has 1 atom stereocenters. The highest BCUT2D eigenvalue weighted by atomic mass is 16.5. The molecule has 2 aliphatic carbocycles. The maximum Gasteiger partial charge on any atom is 0.332 e. The summed E-state index contributed by atoms with van der Waals surface area (Å²) in [4.78, 5) is 15.8. The van der Waals surface area contributed by atoms with E-state index in [0.717, 1.165) is 43.0 Å². The molecule has 6 nitrogen and oxygen atoms in total. The molecule has 1 aromatic carbocycles. The molecule has 2 bridgehead atoms. The molecule has 7 rings (SSSR count). The number of ether oxygens (including phenoxy) is 1. The normalized spacial score (nSPS) is 32.3. The third kappa shape index (κ3) is 4.52. The number of benzene rings is 1. The standard InChI is InChI=1S/C27H38N4O2/c32-27-30(17-18-31(27)23-9-11-25(12-10-23)33-24-3-1-2-4-24)22-7-5-21(6-8-22)28-26-19-29-15-13-20(26)14-16-29/h9-12,17-18,20-22,24,26,28H,1-8,13-16,19H2. The van der Waals surface area contributed by atoms with Crippen molar-refractivity contribution in [3.05, 3.63) is 47.1 Å². The van der Waals surface area contributed by atoms with E-state index in [-0.39, 0.29) is 5.69 Å². The largest absolute Gasteiger partial charge is 0.490 e. The number of hydrogen-bond donors (Lipinski definition) is 1. The van der Waals surface area contributed by atoms with Gasteiger partial charge in [0, 0.05) is 37.1 Å². The van der Waals surface area contributed by atoms with E-state index in [0.29, 0.717) is 24.2 Å². The van der Waals surface area contributed by atoms with Gasteiger partial charge in [-0.25, -0.2) is 4.79 Å². The predicted octanol–water partition coefficient (Wildman–Crippen LogP) is 4.13. The van der Waals surface area contributed by atoms with Crippen LogP contribution >= 0.6 is 0 Å². The number of hydrogen-bond acceptors (Lipinski definition) is 4. The Labute approximate surface area is 196 Å². The van der Waals surface area contributed by atoms with Crippen molar-refractivity contribution in [2.45, 2.75) is 88.4 Å². The lowest BCUT2D eigenvalue weighted by Gasteiger charge is -2.47. The molecule has 0 radical (unpaired) electrons. The third-order valence-corrected chi connectivity index (χ3v) is 8.72. The Morgan fingerprint density at radius 2 is 1.58 bits per heavy atom. The maximum atomic E-state index is 13.2. The SMILES string of the molecule is O=c1n(-c2ccc(OC3CCCC3)cc2)ccn1C1CCC(NC2CN3CCC2CC3)CC1. The fourth-order valence-electron chi connectivity index (χ4n) is 6.73. The number of piperidine rings is 3. The first-order chi connectivity index (χ1) is 16.2. The second-order valence-electron chi connectivity index (χ2n) is 10.8. The number of nitrogens with one attached hydrogen (secondary N) is 1. The molecule has 2 aromatic rings. The van der Waals surface area contributed by atoms with Gasteiger partial charge in [-0.15, -0.1) is 0 Å². The van der Waals surface area contributed by atoms with Crippen molar-refractivity contribution < 1.29 is 4.74 Å². The molecule has 178 valence electrons. The Balaban J connectivity index is 1.06. The van der Waals surface area contributed by atoms with Crippen LogP contribution in [0.4, 0.5) is 0 Å². The maximum absolute atomic E-state index is 13.2. The monoisotopic (exact) mass is 450 g/mol. The summed E-state index contributed by atoms with van der Waals surface area (Å²) in [6.45, 7) is 3.83. The molecule has 0 amide bonds. The second-order valence-corrected chi connectivity index (χ2v) is 10.8. The van der Waals surface area contributed by atoms with Crippen LogP contribution in [0.15, 0.2) is 41.5 Å². The van der Waals surface area contributed by atoms with E-state index < -0.39 is 0 Å². The smallest absolute Gasteiger partial charge is 0.332 e. The Bertz CT molecular complexity index is 974. The van der Waals surface area contributed by atoms with Crippen LogP contribution in [0.3, 0.4) is 0 Å². The topological polar surface area (TPSA) is 51.4 Å². The molecular weight excluding hydrogens is 412 g/mol. The highest BCUT2D eigenvalue weighted by Gasteiger charge is 2.35. The predicted molar refractivity (Wildman–Crippen MR) is 130 cm³/mol. The molecule has 33 heavy (non-hydrogen) atoms. The quantitative estimate of drug-likeness (QED) is 0.719. The van der Waals surface area contributed by atoms with Crippen LogP contribution < -0.4 is 15.7 Å². The van der Waals surface area contributed by atoms with Gasteiger partial charge in [0.1, 0.15) is 5.75 Å². The highest BCUT2D eigenvalue weighted by molar-refractivity contribution is 5.37. The van der Waals surface area contributed by atoms with Crippen molar-refractivity contribution in [2.75, 3.05) is 19.6 Å². The van der Waals surface area contributed by atoms with Crippen LogP contribution in [-0.4, -0.2) is 51.9 Å². The van der Waals surface area contributed by atoms with Gasteiger partial charge in [0.25, 0.3) is 0 Å². The Morgan fingerprint density at radius 1 is 0.848 bits per heavy atom. The summed E-state index contributed by atoms with van der Waals surface area (Å²) in [5.74, 6) is 1.78. The van der Waals surface area contributed by atoms with Gasteiger partial charge in [-0.1, -0.05) is 0 Å². The third-order valence-electron chi connectivity index (χ3n) is 8.72. The number of rotatable bonds is 6. The molecule has 5 aliphatic rings. The van der Waals surface area contributed by atoms with Crippen molar-refractivity contribution in [2.24, 2.45) is 5.92 Å². The van der Waals surface area contributed by atoms with Gasteiger partial charge in [0.05, 0.1) is 11.8 Å². The van der Waals surface area contributed by atoms with Crippen LogP contribution in [0.2, 0.25) is 0 Å². The summed E-state index contributed by atoms with van der Waals surface area (Å²) in [6, 6.07) is 9.62. The summed E-state index contributed by atoms with van der Waals surface area (Å²) >= 11 is 0. The van der Waals surface area contributed by atoms with Crippen molar-refractivity contribution in [3.63, 3.8) is 0 Å². The first-order valence-corrected chi connectivity index (χ1v) is 13.3. The first-order valence-electron chi connectivity index (χ1n) is 13.3. The van der Waals surface area contributed by atoms with E-state index in [1.54, 1.807) is 4.57 Å². The summed E-state index contributed by atoms with van der Waals surface area (Å²) < 4.78 is 9.82. The lowest BCUT2D eigenvalue weighted by molar-refractivity contribution is 0.0627. The molecule has 0 spiro atoms. The molecule has 2 saturated carbocycles. The molecule has 6 heteroatoms. The minimum absolute atomic E-state index is 0.0771. The van der Waals surface area contributed by atoms with E-state index in [9.17, 15) is 4.79 Å². The number of fused-ring (bicyclic) bond motifs is 3. The summed E-state index contributed by atoms with van der Waals surface area (Å²) in [6.07, 6.45) is 16.3. The second kappa shape index (κ2) is 9.30. The molecule has 1 aromatic heterocycles. The minimum atomic E-state index is 0.0771. The van der Waals surface area contributed by atoms with Gasteiger partial charge in [-0.3, -0.25) is 9.13 Å². The molecule has 1 unspecified atom stereocenters. The van der Waals surface area contributed by atoms with Crippen molar-refractivity contribution in [1.82, 2.24) is 19.4 Å². The van der Waals surface area contributed by atoms with E-state index in [1.165, 1.54) is 58.2 Å². The van der Waals surface area contributed by atoms with Gasteiger partial charge < -0.3 is 15.0 Å². The summed E-state index contributed by atoms with van der Waals surface area (Å²) in [5.41, 5.74) is 0.989. The van der Waals surface area contributed by atoms with Gasteiger partial charge in [-0.05, 0) is 107 Å². The zero-order chi connectivity index (χ0) is 22.2. The first kappa shape index (κ1) is 21.5. The van der Waals surface area contributed by atoms with Gasteiger partial charge in [-0.2, -0.15) is 0 Å². The van der Waals surface area contributed by atoms with E-state index >= 15 is 0 Å². The van der Waals surface area contributed by atoms with Crippen LogP contribution in [0, 0.1) is 5.92 Å². The van der Waals surface area contributed by atoms with Crippen molar-refractivity contribution in [3.8, 4) is 11.4 Å². The lowest BCUT2D eigenvalue weighted by atomic mass is 9.82. The van der Waals surface area contributed by atoms with Gasteiger partial charge in [0.2, 0.25) is 0 Å². The number of imidazole rings is 1. The number of nitrogens with zero attached hydrogens (tertiary/aromatic N) is 3. The Kier molecular flexibility index (Phi) is 6.05. The Hall–Kier alpha value is -2.05. The molecule has 3 saturated heterocycles. The zero-order valence-corrected chi connectivity index (χ0v) is 19.7. The van der Waals surface area contributed by atoms with E-state index in [1.807, 2.05) is 41.2 Å². The summed E-state index contributed by atoms with van der Waals surface area (Å²) in [7, 11) is 0. The average molecular weight is 451 g/mol. The molecule has 4 heterocycles. The lowest BCUT2D eigenvalue weighted by Crippen LogP contribution is -2.58. The van der Waals surface area contributed by atoms with Crippen LogP contribution in [0.25, 0.3) is 5.69 Å². The van der Waals surface area contributed by atoms with E-state index in [2.05, 4.69) is 10.2 Å². The zero-order valence-electron chi connectivity index (χ0n) is 19.7. The van der Waals surface area contributed by atoms with Crippen molar-refractivity contribution >= 4 is 0 Å². The molecule has 5 fully saturated rings.